The molecule has 0 aliphatic rings. The molecule has 0 aliphatic heterocycles. The number of aromatic amines is 1. The Bertz CT molecular complexity index is 651. The lowest BCUT2D eigenvalue weighted by atomic mass is 10.2. The molecule has 0 saturated heterocycles. The van der Waals surface area contributed by atoms with E-state index in [-0.39, 0.29) is 18.1 Å². The number of aromatic nitrogens is 2. The van der Waals surface area contributed by atoms with Crippen molar-refractivity contribution in [2.24, 2.45) is 0 Å². The van der Waals surface area contributed by atoms with Gasteiger partial charge in [0, 0.05) is 0 Å². The molecule has 6 nitrogen and oxygen atoms in total. The van der Waals surface area contributed by atoms with Gasteiger partial charge in [-0.15, -0.1) is 0 Å². The zero-order valence-electron chi connectivity index (χ0n) is 10.8. The summed E-state index contributed by atoms with van der Waals surface area (Å²) in [6.45, 7) is 1.97. The molecule has 0 saturated carbocycles. The Morgan fingerprint density at radius 3 is 2.95 bits per heavy atom. The largest absolute Gasteiger partial charge is 0.468 e. The molecule has 0 bridgehead atoms. The van der Waals surface area contributed by atoms with Crippen LogP contribution in [0.15, 0.2) is 29.1 Å². The zero-order chi connectivity index (χ0) is 13.8. The molecule has 2 rings (SSSR count). The number of fused-ring (bicyclic) bond motifs is 1. The van der Waals surface area contributed by atoms with Crippen LogP contribution in [0, 0.1) is 0 Å². The predicted octanol–water partition coefficient (Wildman–Crippen LogP) is 0.574. The topological polar surface area (TPSA) is 84.1 Å². The second-order valence-corrected chi connectivity index (χ2v) is 4.16. The zero-order valence-corrected chi connectivity index (χ0v) is 10.8. The Hall–Kier alpha value is -2.21. The highest BCUT2D eigenvalue weighted by molar-refractivity contribution is 5.77. The number of hydrogen-bond donors (Lipinski definition) is 2. The van der Waals surface area contributed by atoms with Gasteiger partial charge in [-0.2, -0.15) is 0 Å². The van der Waals surface area contributed by atoms with Crippen molar-refractivity contribution in [3.05, 3.63) is 40.4 Å². The summed E-state index contributed by atoms with van der Waals surface area (Å²) in [6.07, 6.45) is 0. The Morgan fingerprint density at radius 2 is 2.21 bits per heavy atom. The van der Waals surface area contributed by atoms with E-state index in [4.69, 9.17) is 0 Å². The fourth-order valence-corrected chi connectivity index (χ4v) is 1.73. The van der Waals surface area contributed by atoms with Crippen LogP contribution in [0.3, 0.4) is 0 Å². The molecule has 6 heteroatoms. The van der Waals surface area contributed by atoms with Gasteiger partial charge in [-0.1, -0.05) is 12.1 Å². The number of esters is 1. The maximum Gasteiger partial charge on any atom is 0.322 e. The van der Waals surface area contributed by atoms with Crippen LogP contribution in [0.1, 0.15) is 12.7 Å². The van der Waals surface area contributed by atoms with E-state index < -0.39 is 6.04 Å². The number of benzene rings is 1. The van der Waals surface area contributed by atoms with Gasteiger partial charge in [0.25, 0.3) is 5.56 Å². The highest BCUT2D eigenvalue weighted by Crippen LogP contribution is 2.05. The lowest BCUT2D eigenvalue weighted by molar-refractivity contribution is -0.142. The van der Waals surface area contributed by atoms with Crippen LogP contribution in [0.25, 0.3) is 10.9 Å². The molecule has 100 valence electrons. The summed E-state index contributed by atoms with van der Waals surface area (Å²) in [6, 6.07) is 6.65. The number of carbonyl (C=O) groups is 1. The normalized spacial score (nSPS) is 12.3. The summed E-state index contributed by atoms with van der Waals surface area (Å²) in [7, 11) is 1.33. The van der Waals surface area contributed by atoms with Crippen LogP contribution in [0.2, 0.25) is 0 Å². The third-order valence-electron chi connectivity index (χ3n) is 2.79. The van der Waals surface area contributed by atoms with E-state index in [2.05, 4.69) is 20.0 Å². The molecular formula is C13H15N3O3. The molecule has 19 heavy (non-hydrogen) atoms. The maximum absolute atomic E-state index is 11.8. The molecule has 0 radical (unpaired) electrons. The van der Waals surface area contributed by atoms with Crippen LogP contribution in [-0.4, -0.2) is 29.1 Å². The molecule has 2 N–H and O–H groups in total. The molecule has 1 aromatic carbocycles. The molecule has 1 atom stereocenters. The first kappa shape index (κ1) is 13.2. The number of nitrogens with zero attached hydrogens (tertiary/aromatic N) is 1. The van der Waals surface area contributed by atoms with Crippen molar-refractivity contribution in [3.8, 4) is 0 Å². The number of ether oxygens (including phenoxy) is 1. The van der Waals surface area contributed by atoms with Crippen molar-refractivity contribution in [3.63, 3.8) is 0 Å². The Morgan fingerprint density at radius 1 is 1.47 bits per heavy atom. The number of para-hydroxylation sites is 1. The van der Waals surface area contributed by atoms with Crippen LogP contribution in [-0.2, 0) is 16.1 Å². The molecule has 1 aromatic heterocycles. The van der Waals surface area contributed by atoms with E-state index in [9.17, 15) is 9.59 Å². The van der Waals surface area contributed by atoms with Gasteiger partial charge >= 0.3 is 5.97 Å². The van der Waals surface area contributed by atoms with Crippen molar-refractivity contribution in [2.75, 3.05) is 7.11 Å². The summed E-state index contributed by atoms with van der Waals surface area (Å²) >= 11 is 0. The Balaban J connectivity index is 2.18. The third-order valence-corrected chi connectivity index (χ3v) is 2.79. The maximum atomic E-state index is 11.8. The second kappa shape index (κ2) is 5.62. The highest BCUT2D eigenvalue weighted by atomic mass is 16.5. The molecule has 0 fully saturated rings. The minimum Gasteiger partial charge on any atom is -0.468 e. The third kappa shape index (κ3) is 2.97. The van der Waals surface area contributed by atoms with Crippen LogP contribution >= 0.6 is 0 Å². The van der Waals surface area contributed by atoms with Gasteiger partial charge in [-0.05, 0) is 19.1 Å². The van der Waals surface area contributed by atoms with Crippen LogP contribution in [0.5, 0.6) is 0 Å². The van der Waals surface area contributed by atoms with E-state index >= 15 is 0 Å². The van der Waals surface area contributed by atoms with E-state index in [0.29, 0.717) is 16.7 Å². The molecule has 0 spiro atoms. The second-order valence-electron chi connectivity index (χ2n) is 4.16. The van der Waals surface area contributed by atoms with Crippen molar-refractivity contribution < 1.29 is 9.53 Å². The number of carbonyl (C=O) groups excluding carboxylic acids is 1. The number of methoxy groups -OCH3 is 1. The van der Waals surface area contributed by atoms with Crippen LogP contribution < -0.4 is 10.9 Å². The van der Waals surface area contributed by atoms with Gasteiger partial charge < -0.3 is 9.72 Å². The van der Waals surface area contributed by atoms with Crippen molar-refractivity contribution >= 4 is 16.9 Å². The predicted molar refractivity (Wildman–Crippen MR) is 70.7 cm³/mol. The molecular weight excluding hydrogens is 246 g/mol. The summed E-state index contributed by atoms with van der Waals surface area (Å²) in [5.41, 5.74) is 0.446. The van der Waals surface area contributed by atoms with E-state index in [1.54, 1.807) is 25.1 Å². The minimum absolute atomic E-state index is 0.187. The average Bonchev–Trinajstić information content (AvgIpc) is 2.44. The smallest absolute Gasteiger partial charge is 0.322 e. The fraction of sp³-hybridized carbons (Fsp3) is 0.308. The lowest BCUT2D eigenvalue weighted by Gasteiger charge is -2.10. The van der Waals surface area contributed by atoms with Gasteiger partial charge in [-0.25, -0.2) is 4.98 Å². The van der Waals surface area contributed by atoms with Gasteiger partial charge in [0.2, 0.25) is 0 Å². The quantitative estimate of drug-likeness (QED) is 0.786. The summed E-state index contributed by atoms with van der Waals surface area (Å²) in [5.74, 6) is 0.127. The first-order valence-corrected chi connectivity index (χ1v) is 5.91. The van der Waals surface area contributed by atoms with Gasteiger partial charge in [-0.3, -0.25) is 14.9 Å². The average molecular weight is 261 g/mol. The summed E-state index contributed by atoms with van der Waals surface area (Å²) < 4.78 is 4.60. The number of nitrogens with one attached hydrogen (secondary N) is 2. The standard InChI is InChI=1S/C13H15N3O3/c1-8(13(18)19-2)14-7-11-15-10-6-4-3-5-9(10)12(17)16-11/h3-6,8,14H,7H2,1-2H3,(H,15,16,17). The highest BCUT2D eigenvalue weighted by Gasteiger charge is 2.12. The van der Waals surface area contributed by atoms with Gasteiger partial charge in [0.15, 0.2) is 0 Å². The summed E-state index contributed by atoms with van der Waals surface area (Å²) in [5, 5.41) is 3.48. The Kier molecular flexibility index (Phi) is 3.91. The van der Waals surface area contributed by atoms with Crippen molar-refractivity contribution in [1.82, 2.24) is 15.3 Å². The van der Waals surface area contributed by atoms with Gasteiger partial charge in [0.05, 0.1) is 24.6 Å². The Labute approximate surface area is 109 Å². The first-order chi connectivity index (χ1) is 9.11. The first-order valence-electron chi connectivity index (χ1n) is 5.91. The van der Waals surface area contributed by atoms with E-state index in [1.807, 2.05) is 6.07 Å². The minimum atomic E-state index is -0.457. The molecule has 2 aromatic rings. The van der Waals surface area contributed by atoms with Crippen molar-refractivity contribution in [1.29, 1.82) is 0 Å². The molecule has 1 unspecified atom stereocenters. The number of hydrogen-bond acceptors (Lipinski definition) is 5. The van der Waals surface area contributed by atoms with Crippen LogP contribution in [0.4, 0.5) is 0 Å². The SMILES string of the molecule is COC(=O)C(C)NCc1nc2ccccc2c(=O)[nH]1. The van der Waals surface area contributed by atoms with E-state index in [1.165, 1.54) is 7.11 Å². The lowest BCUT2D eigenvalue weighted by Crippen LogP contribution is -2.35. The van der Waals surface area contributed by atoms with Gasteiger partial charge in [0.1, 0.15) is 11.9 Å². The molecule has 0 amide bonds. The number of H-pyrrole nitrogens is 1. The summed E-state index contributed by atoms with van der Waals surface area (Å²) in [4.78, 5) is 30.1. The van der Waals surface area contributed by atoms with Crippen molar-refractivity contribution in [2.45, 2.75) is 19.5 Å². The molecule has 1 heterocycles. The molecule has 0 aliphatic carbocycles. The number of rotatable bonds is 4. The van der Waals surface area contributed by atoms with E-state index in [0.717, 1.165) is 0 Å². The monoisotopic (exact) mass is 261 g/mol. The fourth-order valence-electron chi connectivity index (χ4n) is 1.73.